The van der Waals surface area contributed by atoms with E-state index in [0.29, 0.717) is 27.6 Å². The van der Waals surface area contributed by atoms with Crippen molar-refractivity contribution in [3.05, 3.63) is 89.6 Å². The van der Waals surface area contributed by atoms with E-state index in [4.69, 9.17) is 4.74 Å². The van der Waals surface area contributed by atoms with Crippen molar-refractivity contribution in [3.8, 4) is 11.1 Å². The Bertz CT molecular complexity index is 1370. The molecule has 29 heavy (non-hydrogen) atoms. The summed E-state index contributed by atoms with van der Waals surface area (Å²) in [7, 11) is -3.78. The third-order valence-corrected chi connectivity index (χ3v) is 6.95. The van der Waals surface area contributed by atoms with Crippen molar-refractivity contribution in [2.24, 2.45) is 0 Å². The maximum atomic E-state index is 13.3. The molecule has 0 radical (unpaired) electrons. The fourth-order valence-electron chi connectivity index (χ4n) is 3.81. The molecule has 5 nitrogen and oxygen atoms in total. The molecule has 1 aliphatic rings. The Morgan fingerprint density at radius 1 is 0.931 bits per heavy atom. The molecule has 0 atom stereocenters. The van der Waals surface area contributed by atoms with Crippen LogP contribution in [0.15, 0.2) is 77.8 Å². The van der Waals surface area contributed by atoms with Crippen LogP contribution in [0.5, 0.6) is 0 Å². The van der Waals surface area contributed by atoms with Crippen molar-refractivity contribution in [2.45, 2.75) is 18.4 Å². The number of nitrogens with zero attached hydrogens (tertiary/aromatic N) is 1. The van der Waals surface area contributed by atoms with E-state index in [2.05, 4.69) is 0 Å². The summed E-state index contributed by atoms with van der Waals surface area (Å²) in [5.74, 6) is -0.380. The standard InChI is InChI=1S/C23H17NO4S/c1-15-7-9-18(10-8-15)29(26,27)24-12-11-19-20(24)13-17-14-28-23(25)22(17)21(19)16-5-3-2-4-6-16/h2-13H,14H2,1H3. The molecule has 2 heterocycles. The van der Waals surface area contributed by atoms with E-state index in [0.717, 1.165) is 11.1 Å². The topological polar surface area (TPSA) is 65.4 Å². The van der Waals surface area contributed by atoms with Crippen molar-refractivity contribution in [1.82, 2.24) is 3.97 Å². The number of hydrogen-bond donors (Lipinski definition) is 0. The lowest BCUT2D eigenvalue weighted by Crippen LogP contribution is -2.12. The van der Waals surface area contributed by atoms with Gasteiger partial charge in [0, 0.05) is 22.7 Å². The van der Waals surface area contributed by atoms with E-state index in [1.54, 1.807) is 42.6 Å². The van der Waals surface area contributed by atoms with E-state index < -0.39 is 10.0 Å². The Morgan fingerprint density at radius 2 is 1.66 bits per heavy atom. The second-order valence-corrected chi connectivity index (χ2v) is 8.91. The molecule has 0 amide bonds. The summed E-state index contributed by atoms with van der Waals surface area (Å²) < 4.78 is 33.1. The molecule has 0 saturated carbocycles. The Labute approximate surface area is 168 Å². The lowest BCUT2D eigenvalue weighted by Gasteiger charge is -2.12. The average molecular weight is 403 g/mol. The van der Waals surface area contributed by atoms with E-state index in [1.807, 2.05) is 37.3 Å². The molecule has 0 spiro atoms. The van der Waals surface area contributed by atoms with Crippen molar-refractivity contribution < 1.29 is 17.9 Å². The van der Waals surface area contributed by atoms with Gasteiger partial charge in [-0.2, -0.15) is 0 Å². The number of aryl methyl sites for hydroxylation is 1. The summed E-state index contributed by atoms with van der Waals surface area (Å²) in [4.78, 5) is 12.6. The number of aromatic nitrogens is 1. The molecule has 0 bridgehead atoms. The highest BCUT2D eigenvalue weighted by Crippen LogP contribution is 2.39. The largest absolute Gasteiger partial charge is 0.457 e. The van der Waals surface area contributed by atoms with Crippen molar-refractivity contribution in [2.75, 3.05) is 0 Å². The van der Waals surface area contributed by atoms with Crippen LogP contribution in [0.3, 0.4) is 0 Å². The summed E-state index contributed by atoms with van der Waals surface area (Å²) in [5.41, 5.74) is 4.27. The zero-order valence-corrected chi connectivity index (χ0v) is 16.4. The number of cyclic esters (lactones) is 1. The molecular formula is C23H17NO4S. The second kappa shape index (κ2) is 6.32. The van der Waals surface area contributed by atoms with Gasteiger partial charge in [0.25, 0.3) is 10.0 Å². The summed E-state index contributed by atoms with van der Waals surface area (Å²) in [6.45, 7) is 2.05. The Morgan fingerprint density at radius 3 is 2.38 bits per heavy atom. The van der Waals surface area contributed by atoms with Crippen LogP contribution in [0, 0.1) is 6.92 Å². The van der Waals surface area contributed by atoms with Crippen LogP contribution in [0.25, 0.3) is 22.0 Å². The van der Waals surface area contributed by atoms with E-state index in [1.165, 1.54) is 3.97 Å². The lowest BCUT2D eigenvalue weighted by atomic mass is 9.93. The van der Waals surface area contributed by atoms with Gasteiger partial charge >= 0.3 is 5.97 Å². The van der Waals surface area contributed by atoms with Crippen LogP contribution >= 0.6 is 0 Å². The summed E-state index contributed by atoms with van der Waals surface area (Å²) in [6.07, 6.45) is 1.55. The molecule has 1 aliphatic heterocycles. The van der Waals surface area contributed by atoms with E-state index >= 15 is 0 Å². The van der Waals surface area contributed by atoms with Gasteiger partial charge in [-0.3, -0.25) is 0 Å². The minimum Gasteiger partial charge on any atom is -0.457 e. The van der Waals surface area contributed by atoms with Crippen LogP contribution in [-0.4, -0.2) is 18.4 Å². The number of esters is 1. The number of rotatable bonds is 3. The predicted molar refractivity (Wildman–Crippen MR) is 110 cm³/mol. The first kappa shape index (κ1) is 17.7. The number of benzene rings is 3. The monoisotopic (exact) mass is 403 g/mol. The first-order valence-electron chi connectivity index (χ1n) is 9.18. The highest BCUT2D eigenvalue weighted by Gasteiger charge is 2.30. The van der Waals surface area contributed by atoms with Crippen molar-refractivity contribution >= 4 is 26.9 Å². The van der Waals surface area contributed by atoms with Gasteiger partial charge in [0.15, 0.2) is 0 Å². The number of carbonyl (C=O) groups is 1. The van der Waals surface area contributed by atoms with Crippen LogP contribution in [-0.2, 0) is 21.4 Å². The molecule has 0 saturated heterocycles. The van der Waals surface area contributed by atoms with Crippen LogP contribution in [0.4, 0.5) is 0 Å². The smallest absolute Gasteiger partial charge is 0.339 e. The fourth-order valence-corrected chi connectivity index (χ4v) is 5.15. The fraction of sp³-hybridized carbons (Fsp3) is 0.0870. The van der Waals surface area contributed by atoms with Crippen LogP contribution < -0.4 is 0 Å². The van der Waals surface area contributed by atoms with Crippen LogP contribution in [0.2, 0.25) is 0 Å². The summed E-state index contributed by atoms with van der Waals surface area (Å²) in [5, 5.41) is 0.699. The molecule has 0 fully saturated rings. The number of ether oxygens (including phenoxy) is 1. The molecule has 0 aliphatic carbocycles. The van der Waals surface area contributed by atoms with Gasteiger partial charge in [0.2, 0.25) is 0 Å². The SMILES string of the molecule is Cc1ccc(S(=O)(=O)n2ccc3c(-c4ccccc4)c4c(cc32)COC4=O)cc1. The van der Waals surface area contributed by atoms with Crippen molar-refractivity contribution in [1.29, 1.82) is 0 Å². The van der Waals surface area contributed by atoms with Gasteiger partial charge < -0.3 is 4.74 Å². The van der Waals surface area contributed by atoms with Gasteiger partial charge in [-0.15, -0.1) is 0 Å². The Hall–Kier alpha value is -3.38. The predicted octanol–water partition coefficient (Wildman–Crippen LogP) is 4.52. The van der Waals surface area contributed by atoms with Crippen LogP contribution in [0.1, 0.15) is 21.5 Å². The van der Waals surface area contributed by atoms with E-state index in [-0.39, 0.29) is 17.5 Å². The molecule has 4 aromatic rings. The molecule has 144 valence electrons. The first-order chi connectivity index (χ1) is 14.0. The molecule has 3 aromatic carbocycles. The minimum atomic E-state index is -3.78. The molecule has 1 aromatic heterocycles. The first-order valence-corrected chi connectivity index (χ1v) is 10.6. The zero-order chi connectivity index (χ0) is 20.2. The molecule has 6 heteroatoms. The van der Waals surface area contributed by atoms with Gasteiger partial charge in [-0.1, -0.05) is 48.0 Å². The molecule has 0 N–H and O–H groups in total. The average Bonchev–Trinajstić information content (AvgIpc) is 3.31. The third kappa shape index (κ3) is 2.68. The highest BCUT2D eigenvalue weighted by atomic mass is 32.2. The lowest BCUT2D eigenvalue weighted by molar-refractivity contribution is 0.0535. The van der Waals surface area contributed by atoms with Gasteiger partial charge in [0.1, 0.15) is 6.61 Å². The molecular weight excluding hydrogens is 386 g/mol. The summed E-state index contributed by atoms with van der Waals surface area (Å²) in [6, 6.07) is 19.7. The summed E-state index contributed by atoms with van der Waals surface area (Å²) >= 11 is 0. The number of carbonyl (C=O) groups excluding carboxylic acids is 1. The second-order valence-electron chi connectivity index (χ2n) is 7.09. The number of hydrogen-bond acceptors (Lipinski definition) is 4. The maximum absolute atomic E-state index is 13.3. The van der Waals surface area contributed by atoms with Crippen molar-refractivity contribution in [3.63, 3.8) is 0 Å². The number of fused-ring (bicyclic) bond motifs is 2. The molecule has 0 unspecified atom stereocenters. The minimum absolute atomic E-state index is 0.139. The van der Waals surface area contributed by atoms with Gasteiger partial charge in [-0.05, 0) is 36.8 Å². The van der Waals surface area contributed by atoms with Gasteiger partial charge in [0.05, 0.1) is 16.0 Å². The maximum Gasteiger partial charge on any atom is 0.339 e. The normalized spacial score (nSPS) is 13.5. The Kier molecular flexibility index (Phi) is 3.86. The molecule has 5 rings (SSSR count). The van der Waals surface area contributed by atoms with Gasteiger partial charge in [-0.25, -0.2) is 17.2 Å². The zero-order valence-electron chi connectivity index (χ0n) is 15.6. The van der Waals surface area contributed by atoms with E-state index in [9.17, 15) is 13.2 Å². The third-order valence-electron chi connectivity index (χ3n) is 5.24. The highest BCUT2D eigenvalue weighted by molar-refractivity contribution is 7.90. The quantitative estimate of drug-likeness (QED) is 0.472. The Balaban J connectivity index is 1.82.